The maximum atomic E-state index is 11.8. The molecular weight excluding hydrogens is 328 g/mol. The van der Waals surface area contributed by atoms with Crippen molar-refractivity contribution in [3.63, 3.8) is 0 Å². The molecule has 0 aliphatic rings. The summed E-state index contributed by atoms with van der Waals surface area (Å²) < 4.78 is 27.2. The van der Waals surface area contributed by atoms with Gasteiger partial charge in [0.15, 0.2) is 0 Å². The molecular formula is C8H11BrN4O2S2. The minimum absolute atomic E-state index is 0.260. The molecule has 1 rings (SSSR count). The zero-order valence-electron chi connectivity index (χ0n) is 9.05. The third kappa shape index (κ3) is 4.29. The first-order valence-corrected chi connectivity index (χ1v) is 7.83. The lowest BCUT2D eigenvalue weighted by Gasteiger charge is -2.02. The predicted octanol–water partition coefficient (Wildman–Crippen LogP) is 2.80. The van der Waals surface area contributed by atoms with Gasteiger partial charge < -0.3 is 0 Å². The Labute approximate surface area is 112 Å². The first-order chi connectivity index (χ1) is 7.97. The third-order valence-corrected chi connectivity index (χ3v) is 5.96. The van der Waals surface area contributed by atoms with Crippen LogP contribution in [0.5, 0.6) is 0 Å². The van der Waals surface area contributed by atoms with Crippen molar-refractivity contribution < 1.29 is 8.42 Å². The average molecular weight is 339 g/mol. The lowest BCUT2D eigenvalue weighted by atomic mass is 10.4. The van der Waals surface area contributed by atoms with E-state index in [2.05, 4.69) is 30.7 Å². The molecule has 0 aliphatic carbocycles. The van der Waals surface area contributed by atoms with E-state index in [-0.39, 0.29) is 17.3 Å². The van der Waals surface area contributed by atoms with E-state index in [1.807, 2.05) is 6.92 Å². The molecule has 17 heavy (non-hydrogen) atoms. The standard InChI is InChI=1S/C8H11BrN4O2S2/c1-6-5-7(16-8(6)9)17(14,15)12-4-2-3-11-13-10/h5,12H,2-4H2,1H3. The first kappa shape index (κ1) is 14.5. The van der Waals surface area contributed by atoms with Gasteiger partial charge in [-0.05, 0) is 46.4 Å². The van der Waals surface area contributed by atoms with Crippen LogP contribution in [0.4, 0.5) is 0 Å². The minimum Gasteiger partial charge on any atom is -0.210 e. The Morgan fingerprint density at radius 3 is 2.88 bits per heavy atom. The van der Waals surface area contributed by atoms with Crippen molar-refractivity contribution in [1.29, 1.82) is 0 Å². The highest BCUT2D eigenvalue weighted by atomic mass is 79.9. The van der Waals surface area contributed by atoms with Gasteiger partial charge in [0, 0.05) is 18.0 Å². The second-order valence-corrected chi connectivity index (χ2v) is 7.59. The van der Waals surface area contributed by atoms with Crippen LogP contribution in [0, 0.1) is 6.92 Å². The molecule has 0 unspecified atom stereocenters. The van der Waals surface area contributed by atoms with Crippen molar-refractivity contribution >= 4 is 37.3 Å². The van der Waals surface area contributed by atoms with Gasteiger partial charge in [-0.1, -0.05) is 5.11 Å². The number of halogens is 1. The van der Waals surface area contributed by atoms with Crippen molar-refractivity contribution in [3.8, 4) is 0 Å². The molecule has 1 N–H and O–H groups in total. The molecule has 1 aromatic rings. The summed E-state index contributed by atoms with van der Waals surface area (Å²) in [6.45, 7) is 2.38. The molecule has 1 aromatic heterocycles. The number of aryl methyl sites for hydroxylation is 1. The van der Waals surface area contributed by atoms with Crippen LogP contribution in [0.15, 0.2) is 19.2 Å². The summed E-state index contributed by atoms with van der Waals surface area (Å²) >= 11 is 4.46. The Bertz CT molecular complexity index is 514. The minimum atomic E-state index is -3.45. The molecule has 0 bridgehead atoms. The summed E-state index contributed by atoms with van der Waals surface area (Å²) in [4.78, 5) is 2.59. The van der Waals surface area contributed by atoms with E-state index >= 15 is 0 Å². The Kier molecular flexibility index (Phi) is 5.41. The molecule has 0 atom stereocenters. The van der Waals surface area contributed by atoms with Gasteiger partial charge in [-0.25, -0.2) is 13.1 Å². The highest BCUT2D eigenvalue weighted by Crippen LogP contribution is 2.30. The van der Waals surface area contributed by atoms with E-state index in [1.165, 1.54) is 11.3 Å². The molecule has 0 aliphatic heterocycles. The Morgan fingerprint density at radius 2 is 2.35 bits per heavy atom. The summed E-state index contributed by atoms with van der Waals surface area (Å²) in [5, 5.41) is 3.32. The van der Waals surface area contributed by atoms with Crippen LogP contribution in [0.2, 0.25) is 0 Å². The first-order valence-electron chi connectivity index (χ1n) is 4.74. The molecule has 0 amide bonds. The summed E-state index contributed by atoms with van der Waals surface area (Å²) in [5.41, 5.74) is 8.95. The number of nitrogens with one attached hydrogen (secondary N) is 1. The van der Waals surface area contributed by atoms with Gasteiger partial charge in [0.25, 0.3) is 0 Å². The quantitative estimate of drug-likeness (QED) is 0.373. The summed E-state index contributed by atoms with van der Waals surface area (Å²) in [6.07, 6.45) is 0.481. The molecule has 6 nitrogen and oxygen atoms in total. The zero-order chi connectivity index (χ0) is 12.9. The lowest BCUT2D eigenvalue weighted by molar-refractivity contribution is 0.581. The largest absolute Gasteiger partial charge is 0.250 e. The normalized spacial score (nSPS) is 11.2. The fourth-order valence-corrected chi connectivity index (χ4v) is 4.38. The zero-order valence-corrected chi connectivity index (χ0v) is 12.3. The fourth-order valence-electron chi connectivity index (χ4n) is 1.04. The smallest absolute Gasteiger partial charge is 0.210 e. The molecule has 94 valence electrons. The molecule has 0 aromatic carbocycles. The molecule has 9 heteroatoms. The number of azide groups is 1. The monoisotopic (exact) mass is 338 g/mol. The summed E-state index contributed by atoms with van der Waals surface area (Å²) in [7, 11) is -3.45. The van der Waals surface area contributed by atoms with E-state index in [0.29, 0.717) is 6.42 Å². The van der Waals surface area contributed by atoms with Gasteiger partial charge in [0.1, 0.15) is 4.21 Å². The van der Waals surface area contributed by atoms with Crippen LogP contribution in [-0.2, 0) is 10.0 Å². The number of thiophene rings is 1. The number of rotatable bonds is 6. The molecule has 0 saturated heterocycles. The average Bonchev–Trinajstić information content (AvgIpc) is 2.60. The van der Waals surface area contributed by atoms with Gasteiger partial charge >= 0.3 is 0 Å². The molecule has 0 radical (unpaired) electrons. The highest BCUT2D eigenvalue weighted by Gasteiger charge is 2.17. The molecule has 1 heterocycles. The van der Waals surface area contributed by atoms with Gasteiger partial charge in [0.05, 0.1) is 3.79 Å². The van der Waals surface area contributed by atoms with Crippen molar-refractivity contribution in [2.75, 3.05) is 13.1 Å². The van der Waals surface area contributed by atoms with Gasteiger partial charge in [-0.2, -0.15) is 0 Å². The maximum absolute atomic E-state index is 11.8. The highest BCUT2D eigenvalue weighted by molar-refractivity contribution is 9.11. The Balaban J connectivity index is 2.60. The van der Waals surface area contributed by atoms with Crippen LogP contribution in [-0.4, -0.2) is 21.5 Å². The van der Waals surface area contributed by atoms with Crippen molar-refractivity contribution in [3.05, 3.63) is 25.9 Å². The molecule has 0 saturated carbocycles. The van der Waals surface area contributed by atoms with E-state index < -0.39 is 10.0 Å². The second-order valence-electron chi connectivity index (χ2n) is 3.23. The Morgan fingerprint density at radius 1 is 1.65 bits per heavy atom. The maximum Gasteiger partial charge on any atom is 0.250 e. The summed E-state index contributed by atoms with van der Waals surface area (Å²) in [5.74, 6) is 0. The number of hydrogen-bond donors (Lipinski definition) is 1. The van der Waals surface area contributed by atoms with Crippen LogP contribution in [0.1, 0.15) is 12.0 Å². The van der Waals surface area contributed by atoms with Crippen LogP contribution >= 0.6 is 27.3 Å². The van der Waals surface area contributed by atoms with E-state index in [1.54, 1.807) is 6.07 Å². The topological polar surface area (TPSA) is 94.9 Å². The van der Waals surface area contributed by atoms with Crippen LogP contribution in [0.25, 0.3) is 10.4 Å². The van der Waals surface area contributed by atoms with E-state index in [0.717, 1.165) is 9.35 Å². The Hall–Kier alpha value is -0.600. The van der Waals surface area contributed by atoms with Gasteiger partial charge in [-0.15, -0.1) is 11.3 Å². The second kappa shape index (κ2) is 6.36. The van der Waals surface area contributed by atoms with Gasteiger partial charge in [-0.3, -0.25) is 0 Å². The third-order valence-electron chi connectivity index (χ3n) is 1.89. The van der Waals surface area contributed by atoms with Gasteiger partial charge in [0.2, 0.25) is 10.0 Å². The number of hydrogen-bond acceptors (Lipinski definition) is 4. The number of sulfonamides is 1. The van der Waals surface area contributed by atoms with Crippen molar-refractivity contribution in [2.45, 2.75) is 17.6 Å². The fraction of sp³-hybridized carbons (Fsp3) is 0.500. The van der Waals surface area contributed by atoms with Crippen LogP contribution < -0.4 is 4.72 Å². The SMILES string of the molecule is Cc1cc(S(=O)(=O)NCCCN=[N+]=[N-])sc1Br. The van der Waals surface area contributed by atoms with E-state index in [4.69, 9.17) is 5.53 Å². The predicted molar refractivity (Wildman–Crippen MR) is 70.6 cm³/mol. The lowest BCUT2D eigenvalue weighted by Crippen LogP contribution is -2.24. The summed E-state index contributed by atoms with van der Waals surface area (Å²) in [6, 6.07) is 1.62. The van der Waals surface area contributed by atoms with Crippen molar-refractivity contribution in [1.82, 2.24) is 4.72 Å². The van der Waals surface area contributed by atoms with Crippen LogP contribution in [0.3, 0.4) is 0 Å². The van der Waals surface area contributed by atoms with E-state index in [9.17, 15) is 8.42 Å². The molecule has 0 fully saturated rings. The number of nitrogens with zero attached hydrogens (tertiary/aromatic N) is 3. The van der Waals surface area contributed by atoms with Crippen molar-refractivity contribution in [2.24, 2.45) is 5.11 Å². The molecule has 0 spiro atoms.